The summed E-state index contributed by atoms with van der Waals surface area (Å²) in [6.07, 6.45) is 0. The summed E-state index contributed by atoms with van der Waals surface area (Å²) in [5.74, 6) is 0.660. The second-order valence-corrected chi connectivity index (χ2v) is 3.34. The Labute approximate surface area is 105 Å². The van der Waals surface area contributed by atoms with Gasteiger partial charge in [-0.1, -0.05) is 6.07 Å². The summed E-state index contributed by atoms with van der Waals surface area (Å²) in [6.45, 7) is 1.81. The van der Waals surface area contributed by atoms with Crippen molar-refractivity contribution in [2.24, 2.45) is 0 Å². The van der Waals surface area contributed by atoms with Crippen LogP contribution in [0.25, 0.3) is 0 Å². The van der Waals surface area contributed by atoms with Gasteiger partial charge >= 0.3 is 0 Å². The first-order valence-corrected chi connectivity index (χ1v) is 5.03. The number of nitrogens with one attached hydrogen (secondary N) is 1. The molecule has 1 aromatic carbocycles. The molecule has 0 fully saturated rings. The summed E-state index contributed by atoms with van der Waals surface area (Å²) in [6, 6.07) is 10.4. The number of methoxy groups -OCH3 is 1. The fourth-order valence-corrected chi connectivity index (χ4v) is 1.39. The molecule has 0 aliphatic rings. The van der Waals surface area contributed by atoms with Gasteiger partial charge in [-0.2, -0.15) is 15.8 Å². The minimum Gasteiger partial charge on any atom is -0.496 e. The molecule has 88 valence electrons. The Bertz CT molecular complexity index is 595. The summed E-state index contributed by atoms with van der Waals surface area (Å²) >= 11 is 0. The van der Waals surface area contributed by atoms with Crippen molar-refractivity contribution in [3.63, 3.8) is 0 Å². The topological polar surface area (TPSA) is 92.6 Å². The fourth-order valence-electron chi connectivity index (χ4n) is 1.39. The normalized spacial score (nSPS) is 8.39. The zero-order valence-corrected chi connectivity index (χ0v) is 9.98. The van der Waals surface area contributed by atoms with E-state index in [1.807, 2.05) is 6.92 Å². The van der Waals surface area contributed by atoms with Crippen LogP contribution in [0.4, 0.5) is 5.69 Å². The van der Waals surface area contributed by atoms with Gasteiger partial charge in [0.1, 0.15) is 29.7 Å². The van der Waals surface area contributed by atoms with Crippen LogP contribution in [0.3, 0.4) is 0 Å². The zero-order valence-electron chi connectivity index (χ0n) is 9.98. The third-order valence-electron chi connectivity index (χ3n) is 2.35. The van der Waals surface area contributed by atoms with Gasteiger partial charge in [-0.15, -0.1) is 0 Å². The number of nitriles is 3. The highest BCUT2D eigenvalue weighted by Crippen LogP contribution is 2.26. The SMILES string of the molecule is COc1cccc(NC(C#N)=C(C#N)C#N)c1C. The monoisotopic (exact) mass is 238 g/mol. The molecule has 0 radical (unpaired) electrons. The van der Waals surface area contributed by atoms with Crippen molar-refractivity contribution in [3.8, 4) is 24.0 Å². The molecule has 1 N–H and O–H groups in total. The molecule has 0 heterocycles. The van der Waals surface area contributed by atoms with E-state index in [4.69, 9.17) is 20.5 Å². The minimum atomic E-state index is -0.250. The first kappa shape index (κ1) is 13.1. The van der Waals surface area contributed by atoms with Crippen LogP contribution in [-0.4, -0.2) is 7.11 Å². The predicted molar refractivity (Wildman–Crippen MR) is 65.2 cm³/mol. The highest BCUT2D eigenvalue weighted by molar-refractivity contribution is 5.64. The molecule has 0 aliphatic carbocycles. The third-order valence-corrected chi connectivity index (χ3v) is 2.35. The predicted octanol–water partition coefficient (Wildman–Crippen LogP) is 2.24. The van der Waals surface area contributed by atoms with Crippen molar-refractivity contribution in [1.29, 1.82) is 15.8 Å². The first-order chi connectivity index (χ1) is 8.67. The van der Waals surface area contributed by atoms with Crippen LogP contribution < -0.4 is 10.1 Å². The molecule has 0 amide bonds. The summed E-state index contributed by atoms with van der Waals surface area (Å²) in [5, 5.41) is 29.2. The Morgan fingerprint density at radius 1 is 1.17 bits per heavy atom. The van der Waals surface area contributed by atoms with Crippen LogP contribution in [0.15, 0.2) is 29.5 Å². The minimum absolute atomic E-state index is 0.0728. The smallest absolute Gasteiger partial charge is 0.163 e. The lowest BCUT2D eigenvalue weighted by atomic mass is 10.1. The molecule has 0 aliphatic heterocycles. The van der Waals surface area contributed by atoms with E-state index in [-0.39, 0.29) is 11.3 Å². The Morgan fingerprint density at radius 3 is 2.33 bits per heavy atom. The van der Waals surface area contributed by atoms with E-state index in [0.29, 0.717) is 11.4 Å². The second-order valence-electron chi connectivity index (χ2n) is 3.34. The first-order valence-electron chi connectivity index (χ1n) is 5.03. The number of anilines is 1. The Balaban J connectivity index is 3.22. The Morgan fingerprint density at radius 2 is 1.83 bits per heavy atom. The number of hydrogen-bond donors (Lipinski definition) is 1. The van der Waals surface area contributed by atoms with Gasteiger partial charge < -0.3 is 10.1 Å². The molecule has 5 heteroatoms. The molecule has 0 saturated heterocycles. The molecule has 0 saturated carbocycles. The lowest BCUT2D eigenvalue weighted by Crippen LogP contribution is -2.03. The van der Waals surface area contributed by atoms with Crippen molar-refractivity contribution in [3.05, 3.63) is 35.0 Å². The maximum atomic E-state index is 8.93. The van der Waals surface area contributed by atoms with Gasteiger partial charge in [-0.25, -0.2) is 0 Å². The average molecular weight is 238 g/mol. The van der Waals surface area contributed by atoms with E-state index in [1.54, 1.807) is 43.5 Å². The number of ether oxygens (including phenoxy) is 1. The van der Waals surface area contributed by atoms with Gasteiger partial charge in [0.05, 0.1) is 7.11 Å². The number of rotatable bonds is 3. The van der Waals surface area contributed by atoms with Gasteiger partial charge in [0, 0.05) is 11.3 Å². The second kappa shape index (κ2) is 5.94. The van der Waals surface area contributed by atoms with Crippen molar-refractivity contribution in [1.82, 2.24) is 0 Å². The van der Waals surface area contributed by atoms with Crippen molar-refractivity contribution in [2.45, 2.75) is 6.92 Å². The largest absolute Gasteiger partial charge is 0.496 e. The molecule has 1 rings (SSSR count). The average Bonchev–Trinajstić information content (AvgIpc) is 2.40. The molecule has 5 nitrogen and oxygen atoms in total. The lowest BCUT2D eigenvalue weighted by molar-refractivity contribution is 0.412. The van der Waals surface area contributed by atoms with Gasteiger partial charge in [-0.05, 0) is 19.1 Å². The van der Waals surface area contributed by atoms with E-state index in [0.717, 1.165) is 5.56 Å². The van der Waals surface area contributed by atoms with Crippen molar-refractivity contribution < 1.29 is 4.74 Å². The molecule has 0 spiro atoms. The summed E-state index contributed by atoms with van der Waals surface area (Å²) in [7, 11) is 1.54. The quantitative estimate of drug-likeness (QED) is 0.815. The molecule has 1 aromatic rings. The fraction of sp³-hybridized carbons (Fsp3) is 0.154. The molecule has 18 heavy (non-hydrogen) atoms. The van der Waals surface area contributed by atoms with E-state index < -0.39 is 0 Å². The van der Waals surface area contributed by atoms with Crippen LogP contribution in [0.1, 0.15) is 5.56 Å². The molecular weight excluding hydrogens is 228 g/mol. The Hall–Kier alpha value is -2.97. The summed E-state index contributed by atoms with van der Waals surface area (Å²) in [5.41, 5.74) is 1.09. The number of benzene rings is 1. The Kier molecular flexibility index (Phi) is 4.32. The third kappa shape index (κ3) is 2.58. The standard InChI is InChI=1S/C13H10N4O/c1-9-11(4-3-5-13(9)18-2)17-12(8-16)10(6-14)7-15/h3-5,17H,1-2H3. The van der Waals surface area contributed by atoms with Crippen molar-refractivity contribution >= 4 is 5.69 Å². The van der Waals surface area contributed by atoms with Crippen LogP contribution in [0.5, 0.6) is 5.75 Å². The van der Waals surface area contributed by atoms with Crippen molar-refractivity contribution in [2.75, 3.05) is 12.4 Å². The molecular formula is C13H10N4O. The van der Waals surface area contributed by atoms with E-state index in [9.17, 15) is 0 Å². The van der Waals surface area contributed by atoms with Crippen LogP contribution in [0, 0.1) is 40.9 Å². The van der Waals surface area contributed by atoms with Crippen LogP contribution in [-0.2, 0) is 0 Å². The van der Waals surface area contributed by atoms with E-state index in [1.165, 1.54) is 0 Å². The maximum absolute atomic E-state index is 8.93. The number of nitrogens with zero attached hydrogens (tertiary/aromatic N) is 3. The van der Waals surface area contributed by atoms with Gasteiger partial charge in [0.25, 0.3) is 0 Å². The summed E-state index contributed by atoms with van der Waals surface area (Å²) in [4.78, 5) is 0. The number of allylic oxidation sites excluding steroid dienone is 2. The maximum Gasteiger partial charge on any atom is 0.163 e. The van der Waals surface area contributed by atoms with Gasteiger partial charge in [-0.3, -0.25) is 0 Å². The van der Waals surface area contributed by atoms with E-state index >= 15 is 0 Å². The lowest BCUT2D eigenvalue weighted by Gasteiger charge is -2.11. The van der Waals surface area contributed by atoms with Crippen LogP contribution >= 0.6 is 0 Å². The number of hydrogen-bond acceptors (Lipinski definition) is 5. The molecule has 0 bridgehead atoms. The molecule has 0 atom stereocenters. The summed E-state index contributed by atoms with van der Waals surface area (Å²) < 4.78 is 5.14. The zero-order chi connectivity index (χ0) is 13.5. The van der Waals surface area contributed by atoms with Gasteiger partial charge in [0.15, 0.2) is 5.57 Å². The highest BCUT2D eigenvalue weighted by Gasteiger charge is 2.09. The molecule has 0 aromatic heterocycles. The van der Waals surface area contributed by atoms with Crippen LogP contribution in [0.2, 0.25) is 0 Å². The highest BCUT2D eigenvalue weighted by atomic mass is 16.5. The van der Waals surface area contributed by atoms with Gasteiger partial charge in [0.2, 0.25) is 0 Å². The van der Waals surface area contributed by atoms with E-state index in [2.05, 4.69) is 5.32 Å². The molecule has 0 unspecified atom stereocenters.